The van der Waals surface area contributed by atoms with Gasteiger partial charge in [-0.2, -0.15) is 0 Å². The third kappa shape index (κ3) is 6.67. The second kappa shape index (κ2) is 10.8. The Morgan fingerprint density at radius 1 is 1.17 bits per heavy atom. The number of Topliss-reactive ketones (excluding diaryl/α,β-unsaturated/α-hetero) is 1. The molecule has 2 N–H and O–H groups in total. The summed E-state index contributed by atoms with van der Waals surface area (Å²) in [5.41, 5.74) is 4.18. The predicted octanol–water partition coefficient (Wildman–Crippen LogP) is 4.00. The fourth-order valence-corrected chi connectivity index (χ4v) is 3.05. The smallest absolute Gasteiger partial charge is 0.247 e. The Morgan fingerprint density at radius 2 is 1.79 bits per heavy atom. The van der Waals surface area contributed by atoms with Crippen LogP contribution in [0.1, 0.15) is 50.2 Å². The predicted molar refractivity (Wildman–Crippen MR) is 95.8 cm³/mol. The minimum atomic E-state index is -0.481. The first-order chi connectivity index (χ1) is 11.5. The van der Waals surface area contributed by atoms with Crippen LogP contribution in [-0.4, -0.2) is 16.9 Å². The molecule has 0 spiro atoms. The summed E-state index contributed by atoms with van der Waals surface area (Å²) in [4.78, 5) is 24.0. The topological polar surface area (TPSA) is 66.4 Å². The van der Waals surface area contributed by atoms with E-state index in [1.807, 2.05) is 0 Å². The van der Waals surface area contributed by atoms with Gasteiger partial charge in [-0.05, 0) is 57.9 Å². The maximum atomic E-state index is 12.0. The van der Waals surface area contributed by atoms with E-state index in [0.717, 1.165) is 25.7 Å². The summed E-state index contributed by atoms with van der Waals surface area (Å²) < 4.78 is 0. The number of aryl methyl sites for hydroxylation is 2. The lowest BCUT2D eigenvalue weighted by atomic mass is 9.81. The molecule has 0 radical (unpaired) electrons. The molecule has 1 rings (SSSR count). The molecule has 132 valence electrons. The van der Waals surface area contributed by atoms with E-state index in [1.165, 1.54) is 18.1 Å². The lowest BCUT2D eigenvalue weighted by molar-refractivity contribution is -0.139. The van der Waals surface area contributed by atoms with Crippen LogP contribution in [0.2, 0.25) is 0 Å². The number of carbonyl (C=O) groups is 2. The first kappa shape index (κ1) is 20.1. The Labute approximate surface area is 144 Å². The van der Waals surface area contributed by atoms with E-state index in [4.69, 9.17) is 5.21 Å². The highest BCUT2D eigenvalue weighted by Crippen LogP contribution is 2.25. The van der Waals surface area contributed by atoms with Gasteiger partial charge in [-0.1, -0.05) is 35.9 Å². The zero-order valence-corrected chi connectivity index (χ0v) is 14.8. The molecule has 1 aromatic rings. The first-order valence-corrected chi connectivity index (χ1v) is 8.60. The Kier molecular flexibility index (Phi) is 9.02. The van der Waals surface area contributed by atoms with Crippen LogP contribution in [0.15, 0.2) is 36.9 Å². The lowest BCUT2D eigenvalue weighted by Crippen LogP contribution is -2.36. The van der Waals surface area contributed by atoms with Crippen LogP contribution in [0.25, 0.3) is 0 Å². The third-order valence-corrected chi connectivity index (χ3v) is 4.48. The van der Waals surface area contributed by atoms with Crippen LogP contribution in [0.4, 0.5) is 0 Å². The van der Waals surface area contributed by atoms with Gasteiger partial charge in [0.1, 0.15) is 5.78 Å². The zero-order valence-electron chi connectivity index (χ0n) is 14.8. The second-order valence-electron chi connectivity index (χ2n) is 6.40. The molecule has 24 heavy (non-hydrogen) atoms. The van der Waals surface area contributed by atoms with Crippen molar-refractivity contribution in [1.82, 2.24) is 5.48 Å². The number of amides is 1. The quantitative estimate of drug-likeness (QED) is 0.279. The molecule has 0 unspecified atom stereocenters. The Hall–Kier alpha value is -1.94. The van der Waals surface area contributed by atoms with Gasteiger partial charge in [0.25, 0.3) is 0 Å². The van der Waals surface area contributed by atoms with Crippen molar-refractivity contribution >= 4 is 11.7 Å². The minimum Gasteiger partial charge on any atom is -0.300 e. The second-order valence-corrected chi connectivity index (χ2v) is 6.40. The van der Waals surface area contributed by atoms with Gasteiger partial charge < -0.3 is 0 Å². The van der Waals surface area contributed by atoms with E-state index in [9.17, 15) is 9.59 Å². The number of ketones is 1. The summed E-state index contributed by atoms with van der Waals surface area (Å²) in [5.74, 6) is -1.29. The molecule has 0 saturated carbocycles. The molecular formula is C20H29NO3. The number of hydrogen-bond donors (Lipinski definition) is 2. The molecule has 2 atom stereocenters. The Balaban J connectivity index is 2.66. The highest BCUT2D eigenvalue weighted by Gasteiger charge is 2.30. The Morgan fingerprint density at radius 3 is 2.33 bits per heavy atom. The highest BCUT2D eigenvalue weighted by molar-refractivity contribution is 5.87. The molecule has 0 bridgehead atoms. The van der Waals surface area contributed by atoms with Gasteiger partial charge in [-0.3, -0.25) is 14.8 Å². The molecule has 0 saturated heterocycles. The van der Waals surface area contributed by atoms with Crippen LogP contribution in [0.3, 0.4) is 0 Å². The fourth-order valence-electron chi connectivity index (χ4n) is 3.05. The van der Waals surface area contributed by atoms with Crippen LogP contribution >= 0.6 is 0 Å². The molecule has 0 aliphatic rings. The molecule has 4 nitrogen and oxygen atoms in total. The molecule has 0 heterocycles. The normalized spacial score (nSPS) is 13.1. The molecule has 0 aliphatic carbocycles. The highest BCUT2D eigenvalue weighted by atomic mass is 16.5. The van der Waals surface area contributed by atoms with Crippen molar-refractivity contribution in [1.29, 1.82) is 0 Å². The molecular weight excluding hydrogens is 302 g/mol. The largest absolute Gasteiger partial charge is 0.300 e. The Bertz CT molecular complexity index is 536. The summed E-state index contributed by atoms with van der Waals surface area (Å²) in [6, 6.07) is 8.35. The van der Waals surface area contributed by atoms with E-state index in [1.54, 1.807) is 11.6 Å². The number of hydroxylamine groups is 1. The summed E-state index contributed by atoms with van der Waals surface area (Å²) in [5, 5.41) is 8.99. The van der Waals surface area contributed by atoms with Crippen LogP contribution < -0.4 is 5.48 Å². The van der Waals surface area contributed by atoms with Gasteiger partial charge in [0, 0.05) is 11.8 Å². The molecule has 0 aromatic heterocycles. The molecule has 0 aliphatic heterocycles. The van der Waals surface area contributed by atoms with Gasteiger partial charge in [0.15, 0.2) is 0 Å². The zero-order chi connectivity index (χ0) is 17.9. The molecule has 1 amide bonds. The summed E-state index contributed by atoms with van der Waals surface area (Å²) in [7, 11) is 0. The average molecular weight is 331 g/mol. The monoisotopic (exact) mass is 331 g/mol. The molecule has 4 heteroatoms. The first-order valence-electron chi connectivity index (χ1n) is 8.60. The van der Waals surface area contributed by atoms with Gasteiger partial charge in [-0.25, -0.2) is 5.48 Å². The maximum Gasteiger partial charge on any atom is 0.247 e. The number of nitrogens with one attached hydrogen (secondary N) is 1. The number of benzene rings is 1. The van der Waals surface area contributed by atoms with Crippen molar-refractivity contribution in [2.24, 2.45) is 11.8 Å². The van der Waals surface area contributed by atoms with Crippen molar-refractivity contribution < 1.29 is 14.8 Å². The van der Waals surface area contributed by atoms with Gasteiger partial charge in [-0.15, -0.1) is 6.58 Å². The van der Waals surface area contributed by atoms with Crippen LogP contribution in [0, 0.1) is 18.8 Å². The number of rotatable bonds is 11. The van der Waals surface area contributed by atoms with Gasteiger partial charge >= 0.3 is 0 Å². The number of allylic oxidation sites excluding steroid dienone is 1. The third-order valence-electron chi connectivity index (χ3n) is 4.48. The van der Waals surface area contributed by atoms with E-state index in [-0.39, 0.29) is 11.7 Å². The van der Waals surface area contributed by atoms with Crippen molar-refractivity contribution in [2.75, 3.05) is 0 Å². The number of carbonyl (C=O) groups excluding carboxylic acids is 2. The van der Waals surface area contributed by atoms with Gasteiger partial charge in [0.05, 0.1) is 0 Å². The average Bonchev–Trinajstić information content (AvgIpc) is 2.57. The van der Waals surface area contributed by atoms with E-state index in [2.05, 4.69) is 37.8 Å². The van der Waals surface area contributed by atoms with Crippen molar-refractivity contribution in [2.45, 2.75) is 52.4 Å². The molecule has 1 aromatic carbocycles. The molecule has 0 fully saturated rings. The van der Waals surface area contributed by atoms with E-state index in [0.29, 0.717) is 12.8 Å². The van der Waals surface area contributed by atoms with Crippen LogP contribution in [-0.2, 0) is 16.0 Å². The summed E-state index contributed by atoms with van der Waals surface area (Å²) >= 11 is 0. The number of hydrogen-bond acceptors (Lipinski definition) is 3. The van der Waals surface area contributed by atoms with Crippen LogP contribution in [0.5, 0.6) is 0 Å². The van der Waals surface area contributed by atoms with E-state index < -0.39 is 11.8 Å². The van der Waals surface area contributed by atoms with Crippen molar-refractivity contribution in [3.63, 3.8) is 0 Å². The maximum absolute atomic E-state index is 12.0. The minimum absolute atomic E-state index is 0.00566. The fraction of sp³-hybridized carbons (Fsp3) is 0.500. The SMILES string of the molecule is C=CCCC[C@H](C(=O)NO)[C@@H](CCCc1ccc(C)cc1)C(C)=O. The van der Waals surface area contributed by atoms with E-state index >= 15 is 0 Å². The van der Waals surface area contributed by atoms with Gasteiger partial charge in [0.2, 0.25) is 5.91 Å². The lowest BCUT2D eigenvalue weighted by Gasteiger charge is -2.23. The van der Waals surface area contributed by atoms with Crippen molar-refractivity contribution in [3.8, 4) is 0 Å². The van der Waals surface area contributed by atoms with Crippen molar-refractivity contribution in [3.05, 3.63) is 48.0 Å². The number of unbranched alkanes of at least 4 members (excludes halogenated alkanes) is 1. The summed E-state index contributed by atoms with van der Waals surface area (Å²) in [6.07, 6.45) is 6.32. The summed E-state index contributed by atoms with van der Waals surface area (Å²) in [6.45, 7) is 7.26. The standard InChI is InChI=1S/C20H29NO3/c1-4-5-6-9-19(20(23)21-24)18(16(3)22)10-7-8-17-13-11-15(2)12-14-17/h4,11-14,18-19,24H,1,5-10H2,2-3H3,(H,21,23)/t18-,19-/m0/s1.